The van der Waals surface area contributed by atoms with Gasteiger partial charge in [-0.1, -0.05) is 18.2 Å². The first-order valence-electron chi connectivity index (χ1n) is 7.46. The van der Waals surface area contributed by atoms with E-state index in [1.807, 2.05) is 23.9 Å². The molecule has 0 radical (unpaired) electrons. The first kappa shape index (κ1) is 17.0. The third kappa shape index (κ3) is 4.36. The highest BCUT2D eigenvalue weighted by Gasteiger charge is 2.20. The lowest BCUT2D eigenvalue weighted by Crippen LogP contribution is -2.33. The smallest absolute Gasteiger partial charge is 0.387 e. The van der Waals surface area contributed by atoms with Gasteiger partial charge in [0.05, 0.1) is 6.04 Å². The van der Waals surface area contributed by atoms with Crippen LogP contribution in [0.4, 0.5) is 14.5 Å². The Balaban J connectivity index is 1.60. The minimum absolute atomic E-state index is 0.118. The molecule has 1 atom stereocenters. The first-order chi connectivity index (χ1) is 11.6. The maximum Gasteiger partial charge on any atom is 0.387 e. The van der Waals surface area contributed by atoms with Crippen LogP contribution in [-0.4, -0.2) is 17.5 Å². The van der Waals surface area contributed by atoms with Crippen LogP contribution in [0.3, 0.4) is 0 Å². The molecule has 24 heavy (non-hydrogen) atoms. The molecule has 0 fully saturated rings. The summed E-state index contributed by atoms with van der Waals surface area (Å²) in [6, 6.07) is 14.7. The number of thiocarbonyl (C=S) groups is 1. The molecule has 0 amide bonds. The van der Waals surface area contributed by atoms with Crippen molar-refractivity contribution in [3.05, 3.63) is 54.1 Å². The quantitative estimate of drug-likeness (QED) is 0.759. The van der Waals surface area contributed by atoms with E-state index in [9.17, 15) is 8.78 Å². The van der Waals surface area contributed by atoms with Crippen molar-refractivity contribution in [3.63, 3.8) is 0 Å². The minimum Gasteiger partial charge on any atom is -0.435 e. The molecule has 2 N–H and O–H groups in total. The van der Waals surface area contributed by atoms with Crippen LogP contribution in [0.15, 0.2) is 53.4 Å². The number of halogens is 2. The number of hydrogen-bond acceptors (Lipinski definition) is 3. The van der Waals surface area contributed by atoms with Crippen molar-refractivity contribution in [1.29, 1.82) is 0 Å². The number of fused-ring (bicyclic) bond motifs is 1. The summed E-state index contributed by atoms with van der Waals surface area (Å²) in [5.74, 6) is 1.16. The molecule has 2 aromatic carbocycles. The van der Waals surface area contributed by atoms with E-state index in [-0.39, 0.29) is 11.8 Å². The molecule has 3 nitrogen and oxygen atoms in total. The fraction of sp³-hybridized carbons (Fsp3) is 0.235. The zero-order chi connectivity index (χ0) is 16.9. The molecule has 7 heteroatoms. The minimum atomic E-state index is -2.82. The standard InChI is InChI=1S/C17H16F2N2OS2/c18-16(19)22-12-7-5-11(6-8-12)20-17(23)21-14-9-10-24-15-4-2-1-3-13(14)15/h1-8,14,16H,9-10H2,(H2,20,21,23)/t14-/m1/s1. The summed E-state index contributed by atoms with van der Waals surface area (Å²) in [7, 11) is 0. The Morgan fingerprint density at radius 1 is 1.17 bits per heavy atom. The van der Waals surface area contributed by atoms with E-state index >= 15 is 0 Å². The van der Waals surface area contributed by atoms with E-state index in [4.69, 9.17) is 12.2 Å². The van der Waals surface area contributed by atoms with Crippen molar-refractivity contribution >= 4 is 34.8 Å². The van der Waals surface area contributed by atoms with E-state index in [1.165, 1.54) is 22.6 Å². The predicted molar refractivity (Wildman–Crippen MR) is 97.0 cm³/mol. The first-order valence-corrected chi connectivity index (χ1v) is 8.85. The van der Waals surface area contributed by atoms with Crippen LogP contribution in [0.1, 0.15) is 18.0 Å². The van der Waals surface area contributed by atoms with Crippen LogP contribution in [0.2, 0.25) is 0 Å². The average Bonchev–Trinajstić information content (AvgIpc) is 2.56. The number of benzene rings is 2. The molecule has 0 bridgehead atoms. The fourth-order valence-electron chi connectivity index (χ4n) is 2.54. The number of alkyl halides is 2. The Labute approximate surface area is 148 Å². The number of nitrogens with one attached hydrogen (secondary N) is 2. The van der Waals surface area contributed by atoms with Gasteiger partial charge in [0.15, 0.2) is 5.11 Å². The SMILES string of the molecule is FC(F)Oc1ccc(NC(=S)N[C@@H]2CCSc3ccccc32)cc1. The highest BCUT2D eigenvalue weighted by atomic mass is 32.2. The maximum atomic E-state index is 12.1. The molecule has 1 aliphatic rings. The monoisotopic (exact) mass is 366 g/mol. The molecule has 0 aromatic heterocycles. The molecule has 0 aliphatic carbocycles. The van der Waals surface area contributed by atoms with Gasteiger partial charge in [0.2, 0.25) is 0 Å². The van der Waals surface area contributed by atoms with Crippen molar-refractivity contribution in [2.75, 3.05) is 11.1 Å². The van der Waals surface area contributed by atoms with Gasteiger partial charge in [0.1, 0.15) is 5.75 Å². The lowest BCUT2D eigenvalue weighted by Gasteiger charge is -2.27. The number of rotatable bonds is 4. The predicted octanol–water partition coefficient (Wildman–Crippen LogP) is 4.81. The molecule has 0 unspecified atom stereocenters. The number of hydrogen-bond donors (Lipinski definition) is 2. The number of anilines is 1. The van der Waals surface area contributed by atoms with E-state index in [2.05, 4.69) is 27.5 Å². The molecule has 2 aromatic rings. The molecular weight excluding hydrogens is 350 g/mol. The zero-order valence-electron chi connectivity index (χ0n) is 12.7. The van der Waals surface area contributed by atoms with Crippen molar-refractivity contribution in [2.24, 2.45) is 0 Å². The largest absolute Gasteiger partial charge is 0.435 e. The third-order valence-corrected chi connectivity index (χ3v) is 4.94. The summed E-state index contributed by atoms with van der Waals surface area (Å²) in [4.78, 5) is 1.28. The summed E-state index contributed by atoms with van der Waals surface area (Å²) >= 11 is 7.22. The van der Waals surface area contributed by atoms with Crippen LogP contribution in [0, 0.1) is 0 Å². The van der Waals surface area contributed by atoms with Crippen molar-refractivity contribution in [3.8, 4) is 5.75 Å². The third-order valence-electron chi connectivity index (χ3n) is 3.60. The van der Waals surface area contributed by atoms with E-state index in [0.29, 0.717) is 10.8 Å². The summed E-state index contributed by atoms with van der Waals surface area (Å²) in [6.45, 7) is -2.82. The lowest BCUT2D eigenvalue weighted by molar-refractivity contribution is -0.0498. The second-order valence-corrected chi connectivity index (χ2v) is 6.77. The topological polar surface area (TPSA) is 33.3 Å². The zero-order valence-corrected chi connectivity index (χ0v) is 14.3. The molecule has 0 saturated heterocycles. The van der Waals surface area contributed by atoms with Crippen molar-refractivity contribution in [1.82, 2.24) is 5.32 Å². The summed E-state index contributed by atoms with van der Waals surface area (Å²) in [6.07, 6.45) is 0.991. The van der Waals surface area contributed by atoms with Gasteiger partial charge < -0.3 is 15.4 Å². The van der Waals surface area contributed by atoms with Crippen molar-refractivity contribution in [2.45, 2.75) is 24.0 Å². The van der Waals surface area contributed by atoms with Crippen LogP contribution in [0.5, 0.6) is 5.75 Å². The van der Waals surface area contributed by atoms with Gasteiger partial charge in [-0.05, 0) is 54.5 Å². The lowest BCUT2D eigenvalue weighted by atomic mass is 10.0. The second-order valence-electron chi connectivity index (χ2n) is 5.23. The van der Waals surface area contributed by atoms with Crippen LogP contribution < -0.4 is 15.4 Å². The summed E-state index contributed by atoms with van der Waals surface area (Å²) in [5, 5.41) is 6.90. The number of ether oxygens (including phenoxy) is 1. The average molecular weight is 366 g/mol. The normalized spacial score (nSPS) is 16.4. The fourth-order valence-corrected chi connectivity index (χ4v) is 3.92. The Morgan fingerprint density at radius 3 is 2.67 bits per heavy atom. The molecular formula is C17H16F2N2OS2. The van der Waals surface area contributed by atoms with E-state index in [1.54, 1.807) is 12.1 Å². The maximum absolute atomic E-state index is 12.1. The molecule has 0 spiro atoms. The summed E-state index contributed by atoms with van der Waals surface area (Å²) < 4.78 is 28.6. The Morgan fingerprint density at radius 2 is 1.92 bits per heavy atom. The Bertz CT molecular complexity index is 710. The van der Waals surface area contributed by atoms with Gasteiger partial charge in [-0.2, -0.15) is 8.78 Å². The van der Waals surface area contributed by atoms with Gasteiger partial charge in [0.25, 0.3) is 0 Å². The van der Waals surface area contributed by atoms with Gasteiger partial charge in [-0.3, -0.25) is 0 Å². The molecule has 1 aliphatic heterocycles. The van der Waals surface area contributed by atoms with Gasteiger partial charge in [-0.25, -0.2) is 0 Å². The molecule has 126 valence electrons. The van der Waals surface area contributed by atoms with Crippen LogP contribution >= 0.6 is 24.0 Å². The van der Waals surface area contributed by atoms with Crippen LogP contribution in [0.25, 0.3) is 0 Å². The Kier molecular flexibility index (Phi) is 5.52. The van der Waals surface area contributed by atoms with E-state index < -0.39 is 6.61 Å². The van der Waals surface area contributed by atoms with E-state index in [0.717, 1.165) is 12.2 Å². The van der Waals surface area contributed by atoms with Crippen LogP contribution in [-0.2, 0) is 0 Å². The van der Waals surface area contributed by atoms with Gasteiger partial charge in [0, 0.05) is 16.3 Å². The Hall–Kier alpha value is -1.86. The summed E-state index contributed by atoms with van der Waals surface area (Å²) in [5.41, 5.74) is 1.96. The highest BCUT2D eigenvalue weighted by molar-refractivity contribution is 7.99. The van der Waals surface area contributed by atoms with Crippen molar-refractivity contribution < 1.29 is 13.5 Å². The second kappa shape index (κ2) is 7.81. The highest BCUT2D eigenvalue weighted by Crippen LogP contribution is 2.35. The molecule has 1 heterocycles. The van der Waals surface area contributed by atoms with Gasteiger partial charge in [-0.15, -0.1) is 11.8 Å². The molecule has 0 saturated carbocycles. The molecule has 3 rings (SSSR count). The van der Waals surface area contributed by atoms with Gasteiger partial charge >= 0.3 is 6.61 Å². The number of thioether (sulfide) groups is 1.